The molecular weight excluding hydrogens is 310 g/mol. The molecule has 1 N–H and O–H groups in total. The van der Waals surface area contributed by atoms with Gasteiger partial charge in [-0.25, -0.2) is 4.79 Å². The van der Waals surface area contributed by atoms with Crippen molar-refractivity contribution in [1.29, 1.82) is 0 Å². The second kappa shape index (κ2) is 7.16. The van der Waals surface area contributed by atoms with Crippen LogP contribution in [0.25, 0.3) is 0 Å². The second-order valence-corrected chi connectivity index (χ2v) is 5.81. The first-order valence-electron chi connectivity index (χ1n) is 7.46. The summed E-state index contributed by atoms with van der Waals surface area (Å²) >= 11 is 0. The first-order valence-corrected chi connectivity index (χ1v) is 7.46. The van der Waals surface area contributed by atoms with Gasteiger partial charge in [-0.1, -0.05) is 0 Å². The number of rotatable bonds is 6. The number of carbonyl (C=O) groups excluding carboxylic acids is 1. The SMILES string of the molecule is Cc1cc(C(=O)N(C)Cc2cnn(C)c2)cc(C)c1OCC(=O)O. The van der Waals surface area contributed by atoms with Crippen molar-refractivity contribution in [2.75, 3.05) is 13.7 Å². The Hall–Kier alpha value is -2.83. The summed E-state index contributed by atoms with van der Waals surface area (Å²) in [6, 6.07) is 3.43. The lowest BCUT2D eigenvalue weighted by Crippen LogP contribution is -2.26. The van der Waals surface area contributed by atoms with Crippen LogP contribution in [0.3, 0.4) is 0 Å². The number of amides is 1. The van der Waals surface area contributed by atoms with E-state index >= 15 is 0 Å². The molecule has 1 aromatic heterocycles. The smallest absolute Gasteiger partial charge is 0.341 e. The predicted octanol–water partition coefficient (Wildman–Crippen LogP) is 1.77. The summed E-state index contributed by atoms with van der Waals surface area (Å²) in [6.07, 6.45) is 3.59. The van der Waals surface area contributed by atoms with Gasteiger partial charge in [-0.2, -0.15) is 5.10 Å². The van der Waals surface area contributed by atoms with Gasteiger partial charge in [0.05, 0.1) is 6.20 Å². The molecule has 2 aromatic rings. The maximum atomic E-state index is 12.6. The van der Waals surface area contributed by atoms with Crippen LogP contribution >= 0.6 is 0 Å². The topological polar surface area (TPSA) is 84.7 Å². The average Bonchev–Trinajstić information content (AvgIpc) is 2.90. The molecule has 0 aliphatic heterocycles. The summed E-state index contributed by atoms with van der Waals surface area (Å²) < 4.78 is 6.98. The van der Waals surface area contributed by atoms with Crippen LogP contribution in [-0.4, -0.2) is 45.3 Å². The van der Waals surface area contributed by atoms with Crippen molar-refractivity contribution in [3.05, 3.63) is 46.8 Å². The molecule has 0 atom stereocenters. The van der Waals surface area contributed by atoms with Crippen LogP contribution in [0.4, 0.5) is 0 Å². The highest BCUT2D eigenvalue weighted by molar-refractivity contribution is 5.94. The van der Waals surface area contributed by atoms with E-state index in [1.165, 1.54) is 0 Å². The zero-order valence-electron chi connectivity index (χ0n) is 14.2. The molecule has 0 spiro atoms. The fourth-order valence-electron chi connectivity index (χ4n) is 2.55. The molecule has 24 heavy (non-hydrogen) atoms. The average molecular weight is 331 g/mol. The van der Waals surface area contributed by atoms with Gasteiger partial charge >= 0.3 is 5.97 Å². The molecule has 2 rings (SSSR count). The Balaban J connectivity index is 2.15. The van der Waals surface area contributed by atoms with Gasteiger partial charge in [0, 0.05) is 38.0 Å². The number of nitrogens with zero attached hydrogens (tertiary/aromatic N) is 3. The third-order valence-electron chi connectivity index (χ3n) is 3.57. The highest BCUT2D eigenvalue weighted by Gasteiger charge is 2.16. The lowest BCUT2D eigenvalue weighted by atomic mass is 10.0. The van der Waals surface area contributed by atoms with E-state index in [4.69, 9.17) is 9.84 Å². The van der Waals surface area contributed by atoms with Gasteiger partial charge in [-0.15, -0.1) is 0 Å². The van der Waals surface area contributed by atoms with E-state index in [-0.39, 0.29) is 5.91 Å². The summed E-state index contributed by atoms with van der Waals surface area (Å²) in [5.41, 5.74) is 2.95. The van der Waals surface area contributed by atoms with Crippen LogP contribution in [-0.2, 0) is 18.4 Å². The number of hydrogen-bond acceptors (Lipinski definition) is 4. The molecule has 1 aromatic carbocycles. The Morgan fingerprint density at radius 1 is 1.29 bits per heavy atom. The van der Waals surface area contributed by atoms with Crippen LogP contribution in [0.1, 0.15) is 27.0 Å². The van der Waals surface area contributed by atoms with Crippen LogP contribution < -0.4 is 4.74 Å². The second-order valence-electron chi connectivity index (χ2n) is 5.81. The molecule has 0 saturated carbocycles. The standard InChI is InChI=1S/C17H21N3O4/c1-11-5-14(6-12(2)16(11)24-10-15(21)22)17(23)19(3)8-13-7-18-20(4)9-13/h5-7,9H,8,10H2,1-4H3,(H,21,22). The van der Waals surface area contributed by atoms with E-state index in [0.717, 1.165) is 16.7 Å². The highest BCUT2D eigenvalue weighted by atomic mass is 16.5. The number of carbonyl (C=O) groups is 2. The minimum absolute atomic E-state index is 0.116. The number of hydrogen-bond donors (Lipinski definition) is 1. The van der Waals surface area contributed by atoms with Gasteiger partial charge in [-0.05, 0) is 37.1 Å². The molecule has 0 bridgehead atoms. The maximum Gasteiger partial charge on any atom is 0.341 e. The van der Waals surface area contributed by atoms with E-state index in [1.807, 2.05) is 13.2 Å². The molecule has 7 nitrogen and oxygen atoms in total. The Kier molecular flexibility index (Phi) is 5.23. The van der Waals surface area contributed by atoms with Crippen molar-refractivity contribution >= 4 is 11.9 Å². The van der Waals surface area contributed by atoms with E-state index < -0.39 is 12.6 Å². The van der Waals surface area contributed by atoms with E-state index in [1.54, 1.807) is 48.8 Å². The van der Waals surface area contributed by atoms with Crippen molar-refractivity contribution in [3.63, 3.8) is 0 Å². The van der Waals surface area contributed by atoms with Gasteiger partial charge in [0.15, 0.2) is 6.61 Å². The molecular formula is C17H21N3O4. The molecule has 0 aliphatic rings. The van der Waals surface area contributed by atoms with Gasteiger partial charge in [0.2, 0.25) is 0 Å². The molecule has 128 valence electrons. The number of benzene rings is 1. The zero-order chi connectivity index (χ0) is 17.9. The minimum Gasteiger partial charge on any atom is -0.481 e. The van der Waals surface area contributed by atoms with Crippen LogP contribution in [0.5, 0.6) is 5.75 Å². The number of aromatic nitrogens is 2. The van der Waals surface area contributed by atoms with Crippen LogP contribution in [0.2, 0.25) is 0 Å². The lowest BCUT2D eigenvalue weighted by Gasteiger charge is -2.18. The molecule has 1 heterocycles. The van der Waals surface area contributed by atoms with Crippen molar-refractivity contribution in [3.8, 4) is 5.75 Å². The molecule has 0 unspecified atom stereocenters. The van der Waals surface area contributed by atoms with Crippen molar-refractivity contribution < 1.29 is 19.4 Å². The van der Waals surface area contributed by atoms with E-state index in [9.17, 15) is 9.59 Å². The number of aryl methyl sites for hydroxylation is 3. The Morgan fingerprint density at radius 3 is 2.42 bits per heavy atom. The normalized spacial score (nSPS) is 10.5. The fraction of sp³-hybridized carbons (Fsp3) is 0.353. The Morgan fingerprint density at radius 2 is 1.92 bits per heavy atom. The van der Waals surface area contributed by atoms with Crippen molar-refractivity contribution in [1.82, 2.24) is 14.7 Å². The Bertz CT molecular complexity index is 744. The molecule has 0 radical (unpaired) electrons. The monoisotopic (exact) mass is 331 g/mol. The predicted molar refractivity (Wildman–Crippen MR) is 88.1 cm³/mol. The number of aliphatic carboxylic acids is 1. The summed E-state index contributed by atoms with van der Waals surface area (Å²) in [7, 11) is 3.56. The van der Waals surface area contributed by atoms with E-state index in [0.29, 0.717) is 17.9 Å². The highest BCUT2D eigenvalue weighted by Crippen LogP contribution is 2.25. The first kappa shape index (κ1) is 17.5. The van der Waals surface area contributed by atoms with Crippen LogP contribution in [0.15, 0.2) is 24.5 Å². The quantitative estimate of drug-likeness (QED) is 0.872. The summed E-state index contributed by atoms with van der Waals surface area (Å²) in [5, 5.41) is 12.8. The van der Waals surface area contributed by atoms with Gasteiger partial charge < -0.3 is 14.7 Å². The number of ether oxygens (including phenoxy) is 1. The summed E-state index contributed by atoms with van der Waals surface area (Å²) in [4.78, 5) is 24.9. The molecule has 1 amide bonds. The largest absolute Gasteiger partial charge is 0.481 e. The van der Waals surface area contributed by atoms with Crippen molar-refractivity contribution in [2.45, 2.75) is 20.4 Å². The molecule has 0 fully saturated rings. The third kappa shape index (κ3) is 4.13. The summed E-state index contributed by atoms with van der Waals surface area (Å²) in [6.45, 7) is 3.64. The lowest BCUT2D eigenvalue weighted by molar-refractivity contribution is -0.139. The Labute approximate surface area is 140 Å². The van der Waals surface area contributed by atoms with Gasteiger partial charge in [0.25, 0.3) is 5.91 Å². The van der Waals surface area contributed by atoms with Gasteiger partial charge in [-0.3, -0.25) is 9.48 Å². The fourth-order valence-corrected chi connectivity index (χ4v) is 2.55. The minimum atomic E-state index is -1.04. The number of carboxylic acids is 1. The van der Waals surface area contributed by atoms with Crippen LogP contribution in [0, 0.1) is 13.8 Å². The third-order valence-corrected chi connectivity index (χ3v) is 3.57. The van der Waals surface area contributed by atoms with Crippen molar-refractivity contribution in [2.24, 2.45) is 7.05 Å². The van der Waals surface area contributed by atoms with E-state index in [2.05, 4.69) is 5.10 Å². The molecule has 0 aliphatic carbocycles. The number of carboxylic acid groups (broad SMARTS) is 1. The zero-order valence-corrected chi connectivity index (χ0v) is 14.2. The molecule has 7 heteroatoms. The first-order chi connectivity index (χ1) is 11.3. The van der Waals surface area contributed by atoms with Gasteiger partial charge in [0.1, 0.15) is 5.75 Å². The summed E-state index contributed by atoms with van der Waals surface area (Å²) in [5.74, 6) is -0.649. The molecule has 0 saturated heterocycles. The maximum absolute atomic E-state index is 12.6.